The second kappa shape index (κ2) is 5.21. The van der Waals surface area contributed by atoms with E-state index in [4.69, 9.17) is 0 Å². The zero-order chi connectivity index (χ0) is 18.0. The summed E-state index contributed by atoms with van der Waals surface area (Å²) in [7, 11) is 0. The van der Waals surface area contributed by atoms with Gasteiger partial charge in [-0.2, -0.15) is 0 Å². The van der Waals surface area contributed by atoms with E-state index in [0.717, 1.165) is 17.8 Å². The van der Waals surface area contributed by atoms with Crippen LogP contribution in [0.2, 0.25) is 0 Å². The zero-order valence-electron chi connectivity index (χ0n) is 16.1. The SMILES string of the molecule is CC(C)(C)N1CC(C(C)(C)C)(C(C)(C)C)c2cc(F)c(Br)cc21. The third-order valence-electron chi connectivity index (χ3n) is 5.55. The molecule has 0 atom stereocenters. The zero-order valence-corrected chi connectivity index (χ0v) is 17.7. The van der Waals surface area contributed by atoms with E-state index in [1.165, 1.54) is 0 Å². The molecule has 2 rings (SSSR count). The number of hydrogen-bond acceptors (Lipinski definition) is 1. The molecule has 0 aromatic heterocycles. The van der Waals surface area contributed by atoms with Crippen LogP contribution >= 0.6 is 15.9 Å². The normalized spacial score (nSPS) is 18.3. The van der Waals surface area contributed by atoms with Gasteiger partial charge in [0.05, 0.1) is 4.47 Å². The van der Waals surface area contributed by atoms with Gasteiger partial charge < -0.3 is 4.90 Å². The molecule has 0 aliphatic carbocycles. The van der Waals surface area contributed by atoms with Crippen molar-refractivity contribution in [1.29, 1.82) is 0 Å². The topological polar surface area (TPSA) is 3.24 Å². The van der Waals surface area contributed by atoms with Crippen molar-refractivity contribution >= 4 is 21.6 Å². The van der Waals surface area contributed by atoms with Crippen LogP contribution in [0.3, 0.4) is 0 Å². The van der Waals surface area contributed by atoms with Crippen molar-refractivity contribution in [3.05, 3.63) is 28.0 Å². The van der Waals surface area contributed by atoms with Gasteiger partial charge in [-0.3, -0.25) is 0 Å². The molecule has 1 nitrogen and oxygen atoms in total. The standard InChI is InChI=1S/C20H31BrFN/c1-17(2,3)20(18(4,5)6)12-23(19(7,8)9)16-11-14(21)15(22)10-13(16)20/h10-11H,12H2,1-9H3. The van der Waals surface area contributed by atoms with Crippen LogP contribution in [0.5, 0.6) is 0 Å². The van der Waals surface area contributed by atoms with Crippen LogP contribution < -0.4 is 4.90 Å². The highest BCUT2D eigenvalue weighted by Crippen LogP contribution is 2.61. The summed E-state index contributed by atoms with van der Waals surface area (Å²) < 4.78 is 15.0. The maximum atomic E-state index is 14.5. The number of anilines is 1. The molecule has 0 fully saturated rings. The molecule has 1 aliphatic rings. The van der Waals surface area contributed by atoms with Crippen molar-refractivity contribution < 1.29 is 4.39 Å². The fraction of sp³-hybridized carbons (Fsp3) is 0.700. The molecule has 3 heteroatoms. The molecule has 23 heavy (non-hydrogen) atoms. The first-order chi connectivity index (χ1) is 10.1. The molecular weight excluding hydrogens is 353 g/mol. The summed E-state index contributed by atoms with van der Waals surface area (Å²) in [6.45, 7) is 21.3. The van der Waals surface area contributed by atoms with Crippen LogP contribution in [-0.2, 0) is 5.41 Å². The van der Waals surface area contributed by atoms with Crippen molar-refractivity contribution in [1.82, 2.24) is 0 Å². The van der Waals surface area contributed by atoms with E-state index in [1.54, 1.807) is 6.07 Å². The Morgan fingerprint density at radius 2 is 1.43 bits per heavy atom. The number of halogens is 2. The van der Waals surface area contributed by atoms with Crippen molar-refractivity contribution in [2.75, 3.05) is 11.4 Å². The molecule has 0 spiro atoms. The Hall–Kier alpha value is -0.570. The molecule has 0 amide bonds. The molecule has 1 heterocycles. The van der Waals surface area contributed by atoms with Crippen molar-refractivity contribution in [2.24, 2.45) is 10.8 Å². The second-order valence-corrected chi connectivity index (χ2v) is 10.8. The second-order valence-electron chi connectivity index (χ2n) is 9.95. The first-order valence-corrected chi connectivity index (χ1v) is 9.19. The van der Waals surface area contributed by atoms with E-state index in [0.29, 0.717) is 4.47 Å². The Bertz CT molecular complexity index is 600. The molecule has 0 N–H and O–H groups in total. The van der Waals surface area contributed by atoms with E-state index in [-0.39, 0.29) is 27.6 Å². The molecule has 1 aromatic rings. The average molecular weight is 384 g/mol. The Morgan fingerprint density at radius 3 is 1.83 bits per heavy atom. The predicted molar refractivity (Wildman–Crippen MR) is 102 cm³/mol. The van der Waals surface area contributed by atoms with Crippen molar-refractivity contribution in [2.45, 2.75) is 73.3 Å². The van der Waals surface area contributed by atoms with Crippen LogP contribution in [0.1, 0.15) is 67.9 Å². The summed E-state index contributed by atoms with van der Waals surface area (Å²) in [6.07, 6.45) is 0. The van der Waals surface area contributed by atoms with Crippen molar-refractivity contribution in [3.63, 3.8) is 0 Å². The predicted octanol–water partition coefficient (Wildman–Crippen LogP) is 6.54. The number of rotatable bonds is 0. The number of fused-ring (bicyclic) bond motifs is 1. The monoisotopic (exact) mass is 383 g/mol. The summed E-state index contributed by atoms with van der Waals surface area (Å²) >= 11 is 3.38. The van der Waals surface area contributed by atoms with Crippen molar-refractivity contribution in [3.8, 4) is 0 Å². The summed E-state index contributed by atoms with van der Waals surface area (Å²) in [4.78, 5) is 2.45. The molecule has 1 aliphatic heterocycles. The lowest BCUT2D eigenvalue weighted by Gasteiger charge is -2.52. The molecule has 0 saturated heterocycles. The summed E-state index contributed by atoms with van der Waals surface area (Å²) in [5.74, 6) is -0.169. The highest BCUT2D eigenvalue weighted by Gasteiger charge is 2.58. The molecule has 0 unspecified atom stereocenters. The quantitative estimate of drug-likeness (QED) is 0.491. The highest BCUT2D eigenvalue weighted by atomic mass is 79.9. The molecule has 0 bridgehead atoms. The highest BCUT2D eigenvalue weighted by molar-refractivity contribution is 9.10. The Balaban J connectivity index is 2.87. The maximum Gasteiger partial charge on any atom is 0.137 e. The Morgan fingerprint density at radius 1 is 0.957 bits per heavy atom. The van der Waals surface area contributed by atoms with Gasteiger partial charge in [0.15, 0.2) is 0 Å². The maximum absolute atomic E-state index is 14.5. The first-order valence-electron chi connectivity index (χ1n) is 8.40. The van der Waals surface area contributed by atoms with Gasteiger partial charge in [-0.05, 0) is 65.2 Å². The van der Waals surface area contributed by atoms with Crippen LogP contribution in [-0.4, -0.2) is 12.1 Å². The lowest BCUT2D eigenvalue weighted by molar-refractivity contribution is 0.0634. The fourth-order valence-electron chi connectivity index (χ4n) is 4.51. The average Bonchev–Trinajstić information content (AvgIpc) is 2.63. The van der Waals surface area contributed by atoms with Gasteiger partial charge in [-0.25, -0.2) is 4.39 Å². The van der Waals surface area contributed by atoms with E-state index < -0.39 is 0 Å². The van der Waals surface area contributed by atoms with Gasteiger partial charge in [-0.1, -0.05) is 41.5 Å². The van der Waals surface area contributed by atoms with Gasteiger partial charge in [0.25, 0.3) is 0 Å². The lowest BCUT2D eigenvalue weighted by atomic mass is 9.52. The Kier molecular flexibility index (Phi) is 4.25. The van der Waals surface area contributed by atoms with Crippen LogP contribution in [0.4, 0.5) is 10.1 Å². The van der Waals surface area contributed by atoms with E-state index >= 15 is 0 Å². The van der Waals surface area contributed by atoms with Gasteiger partial charge in [0.1, 0.15) is 5.82 Å². The van der Waals surface area contributed by atoms with Crippen LogP contribution in [0.15, 0.2) is 16.6 Å². The number of benzene rings is 1. The van der Waals surface area contributed by atoms with Gasteiger partial charge in [0, 0.05) is 23.2 Å². The van der Waals surface area contributed by atoms with Gasteiger partial charge in [0.2, 0.25) is 0 Å². The fourth-order valence-corrected chi connectivity index (χ4v) is 4.85. The smallest absolute Gasteiger partial charge is 0.137 e. The van der Waals surface area contributed by atoms with Gasteiger partial charge in [-0.15, -0.1) is 0 Å². The van der Waals surface area contributed by atoms with Crippen LogP contribution in [0.25, 0.3) is 0 Å². The summed E-state index contributed by atoms with van der Waals surface area (Å²) in [5.41, 5.74) is 2.21. The minimum absolute atomic E-state index is 0.00965. The molecule has 0 radical (unpaired) electrons. The molecule has 1 aromatic carbocycles. The van der Waals surface area contributed by atoms with E-state index in [2.05, 4.69) is 83.1 Å². The largest absolute Gasteiger partial charge is 0.365 e. The minimum atomic E-state index is -0.169. The molecule has 130 valence electrons. The first kappa shape index (κ1) is 18.8. The van der Waals surface area contributed by atoms with E-state index in [1.807, 2.05) is 6.07 Å². The van der Waals surface area contributed by atoms with E-state index in [9.17, 15) is 4.39 Å². The minimum Gasteiger partial charge on any atom is -0.365 e. The number of nitrogens with zero attached hydrogens (tertiary/aromatic N) is 1. The third-order valence-corrected chi connectivity index (χ3v) is 6.16. The molecule has 0 saturated carbocycles. The Labute approximate surface area is 149 Å². The number of hydrogen-bond donors (Lipinski definition) is 0. The molecular formula is C20H31BrFN. The summed E-state index contributed by atoms with van der Waals surface area (Å²) in [5, 5.41) is 0. The third kappa shape index (κ3) is 2.73. The van der Waals surface area contributed by atoms with Gasteiger partial charge >= 0.3 is 0 Å². The lowest BCUT2D eigenvalue weighted by Crippen LogP contribution is -2.55. The van der Waals surface area contributed by atoms with Crippen LogP contribution in [0, 0.1) is 16.6 Å². The summed E-state index contributed by atoms with van der Waals surface area (Å²) in [6, 6.07) is 3.73.